The number of halogens is 1. The van der Waals surface area contributed by atoms with Gasteiger partial charge in [-0.25, -0.2) is 9.37 Å². The lowest BCUT2D eigenvalue weighted by Gasteiger charge is -2.27. The summed E-state index contributed by atoms with van der Waals surface area (Å²) in [5.74, 6) is 0.865. The van der Waals surface area contributed by atoms with Crippen molar-refractivity contribution in [2.24, 2.45) is 11.7 Å². The maximum atomic E-state index is 14.9. The second-order valence-corrected chi connectivity index (χ2v) is 8.02. The number of hydrogen-bond acceptors (Lipinski definition) is 5. The first-order valence-electron chi connectivity index (χ1n) is 9.29. The molecule has 3 rings (SSSR count). The third-order valence-electron chi connectivity index (χ3n) is 4.41. The summed E-state index contributed by atoms with van der Waals surface area (Å²) in [6.45, 7) is 8.05. The number of ether oxygens (including phenoxy) is 2. The van der Waals surface area contributed by atoms with Crippen LogP contribution >= 0.6 is 0 Å². The van der Waals surface area contributed by atoms with E-state index in [1.165, 1.54) is 13.0 Å². The third-order valence-corrected chi connectivity index (χ3v) is 4.41. The van der Waals surface area contributed by atoms with Gasteiger partial charge in [0, 0.05) is 41.9 Å². The number of nitrogens with one attached hydrogen (secondary N) is 1. The first-order chi connectivity index (χ1) is 13.1. The summed E-state index contributed by atoms with van der Waals surface area (Å²) in [6, 6.07) is 4.66. The number of aromatic nitrogens is 1. The Kier molecular flexibility index (Phi) is 5.56. The van der Waals surface area contributed by atoms with Crippen LogP contribution in [0.4, 0.5) is 10.2 Å². The number of pyridine rings is 1. The Balaban J connectivity index is 1.87. The predicted molar refractivity (Wildman–Crippen MR) is 106 cm³/mol. The van der Waals surface area contributed by atoms with Crippen LogP contribution in [0.2, 0.25) is 0 Å². The van der Waals surface area contributed by atoms with E-state index >= 15 is 0 Å². The van der Waals surface area contributed by atoms with Crippen LogP contribution in [-0.2, 0) is 11.4 Å². The molecule has 1 aromatic carbocycles. The van der Waals surface area contributed by atoms with Crippen molar-refractivity contribution in [3.05, 3.63) is 35.8 Å². The zero-order valence-corrected chi connectivity index (χ0v) is 16.6. The number of nitrogens with zero attached hydrogens (tertiary/aromatic N) is 1. The van der Waals surface area contributed by atoms with Crippen molar-refractivity contribution in [1.82, 2.24) is 4.98 Å². The van der Waals surface area contributed by atoms with Gasteiger partial charge >= 0.3 is 0 Å². The van der Waals surface area contributed by atoms with E-state index in [1.807, 2.05) is 6.92 Å². The molecule has 1 aromatic heterocycles. The molecule has 0 saturated carbocycles. The monoisotopic (exact) mass is 387 g/mol. The smallest absolute Gasteiger partial charge is 0.222 e. The fourth-order valence-electron chi connectivity index (χ4n) is 3.49. The van der Waals surface area contributed by atoms with Crippen molar-refractivity contribution in [1.29, 1.82) is 0 Å². The Morgan fingerprint density at radius 2 is 2.18 bits per heavy atom. The minimum atomic E-state index is -0.507. The molecule has 0 fully saturated rings. The number of rotatable bonds is 6. The molecule has 150 valence electrons. The maximum Gasteiger partial charge on any atom is 0.222 e. The number of amides is 1. The SMILES string of the molecule is CC(=O)Nc1cc2c(cn1)COc1cc(OC[C@@](C)(N)CC(C)C)cc(F)c1-2. The van der Waals surface area contributed by atoms with Gasteiger partial charge in [0.25, 0.3) is 0 Å². The van der Waals surface area contributed by atoms with Crippen LogP contribution < -0.4 is 20.5 Å². The van der Waals surface area contributed by atoms with E-state index in [2.05, 4.69) is 24.1 Å². The number of anilines is 1. The summed E-state index contributed by atoms with van der Waals surface area (Å²) in [7, 11) is 0. The normalized spacial score (nSPS) is 14.5. The topological polar surface area (TPSA) is 86.5 Å². The molecule has 28 heavy (non-hydrogen) atoms. The zero-order chi connectivity index (χ0) is 20.5. The first-order valence-corrected chi connectivity index (χ1v) is 9.29. The maximum absolute atomic E-state index is 14.9. The van der Waals surface area contributed by atoms with E-state index in [0.717, 1.165) is 12.0 Å². The highest BCUT2D eigenvalue weighted by Gasteiger charge is 2.25. The molecule has 0 spiro atoms. The molecule has 6 nitrogen and oxygen atoms in total. The van der Waals surface area contributed by atoms with Crippen LogP contribution in [0.3, 0.4) is 0 Å². The van der Waals surface area contributed by atoms with E-state index in [4.69, 9.17) is 15.2 Å². The molecule has 0 unspecified atom stereocenters. The van der Waals surface area contributed by atoms with Crippen LogP contribution in [-0.4, -0.2) is 23.0 Å². The number of hydrogen-bond donors (Lipinski definition) is 2. The molecule has 2 heterocycles. The third kappa shape index (κ3) is 4.59. The molecule has 0 aliphatic carbocycles. The van der Waals surface area contributed by atoms with Gasteiger partial charge in [-0.1, -0.05) is 13.8 Å². The van der Waals surface area contributed by atoms with Gasteiger partial charge in [0.15, 0.2) is 0 Å². The molecule has 0 saturated heterocycles. The van der Waals surface area contributed by atoms with Gasteiger partial charge in [-0.2, -0.15) is 0 Å². The second kappa shape index (κ2) is 7.75. The van der Waals surface area contributed by atoms with E-state index in [9.17, 15) is 9.18 Å². The predicted octanol–water partition coefficient (Wildman–Crippen LogP) is 3.88. The summed E-state index contributed by atoms with van der Waals surface area (Å²) in [6.07, 6.45) is 2.38. The molecule has 1 atom stereocenters. The largest absolute Gasteiger partial charge is 0.491 e. The Bertz CT molecular complexity index is 897. The number of benzene rings is 1. The van der Waals surface area contributed by atoms with Crippen molar-refractivity contribution in [3.63, 3.8) is 0 Å². The highest BCUT2D eigenvalue weighted by Crippen LogP contribution is 2.42. The minimum absolute atomic E-state index is 0.241. The van der Waals surface area contributed by atoms with E-state index in [0.29, 0.717) is 34.4 Å². The van der Waals surface area contributed by atoms with E-state index < -0.39 is 11.4 Å². The van der Waals surface area contributed by atoms with Gasteiger partial charge in [-0.15, -0.1) is 0 Å². The molecular formula is C21H26FN3O3. The van der Waals surface area contributed by atoms with Crippen molar-refractivity contribution < 1.29 is 18.7 Å². The fraction of sp³-hybridized carbons (Fsp3) is 0.429. The number of carbonyl (C=O) groups excluding carboxylic acids is 1. The van der Waals surface area contributed by atoms with Crippen LogP contribution in [0.15, 0.2) is 24.4 Å². The molecule has 2 aromatic rings. The van der Waals surface area contributed by atoms with Crippen LogP contribution in [0, 0.1) is 11.7 Å². The van der Waals surface area contributed by atoms with Crippen molar-refractivity contribution in [2.75, 3.05) is 11.9 Å². The molecule has 3 N–H and O–H groups in total. The van der Waals surface area contributed by atoms with Gasteiger partial charge in [0.2, 0.25) is 5.91 Å². The molecule has 1 aliphatic rings. The minimum Gasteiger partial charge on any atom is -0.491 e. The summed E-state index contributed by atoms with van der Waals surface area (Å²) >= 11 is 0. The van der Waals surface area contributed by atoms with E-state index in [1.54, 1.807) is 18.3 Å². The van der Waals surface area contributed by atoms with Crippen molar-refractivity contribution in [3.8, 4) is 22.6 Å². The molecule has 0 radical (unpaired) electrons. The summed E-state index contributed by atoms with van der Waals surface area (Å²) < 4.78 is 26.4. The van der Waals surface area contributed by atoms with Gasteiger partial charge in [-0.3, -0.25) is 4.79 Å². The molecular weight excluding hydrogens is 361 g/mol. The average molecular weight is 387 g/mol. The highest BCUT2D eigenvalue weighted by molar-refractivity contribution is 5.89. The highest BCUT2D eigenvalue weighted by atomic mass is 19.1. The first kappa shape index (κ1) is 20.1. The lowest BCUT2D eigenvalue weighted by molar-refractivity contribution is -0.114. The lowest BCUT2D eigenvalue weighted by atomic mass is 9.93. The van der Waals surface area contributed by atoms with Crippen molar-refractivity contribution in [2.45, 2.75) is 46.3 Å². The Hall–Kier alpha value is -2.67. The van der Waals surface area contributed by atoms with Crippen LogP contribution in [0.25, 0.3) is 11.1 Å². The standard InChI is InChI=1S/C21H26FN3O3/c1-12(2)8-21(4,23)11-28-15-5-17(22)20-16-7-19(25-13(3)26)24-9-14(16)10-27-18(20)6-15/h5-7,9,12H,8,10-11,23H2,1-4H3,(H,24,25,26)/t21-/m0/s1. The molecule has 1 amide bonds. The zero-order valence-electron chi connectivity index (χ0n) is 16.6. The quantitative estimate of drug-likeness (QED) is 0.785. The second-order valence-electron chi connectivity index (χ2n) is 8.02. The molecule has 7 heteroatoms. The summed E-state index contributed by atoms with van der Waals surface area (Å²) in [5.41, 5.74) is 7.49. The Morgan fingerprint density at radius 3 is 2.86 bits per heavy atom. The summed E-state index contributed by atoms with van der Waals surface area (Å²) in [5, 5.41) is 2.62. The summed E-state index contributed by atoms with van der Waals surface area (Å²) in [4.78, 5) is 15.4. The number of carbonyl (C=O) groups is 1. The number of nitrogens with two attached hydrogens (primary N) is 1. The van der Waals surface area contributed by atoms with Crippen LogP contribution in [0.5, 0.6) is 11.5 Å². The van der Waals surface area contributed by atoms with Crippen LogP contribution in [0.1, 0.15) is 39.7 Å². The van der Waals surface area contributed by atoms with Gasteiger partial charge in [-0.05, 0) is 25.3 Å². The Labute approximate surface area is 164 Å². The molecule has 1 aliphatic heterocycles. The van der Waals surface area contributed by atoms with Gasteiger partial charge in [0.1, 0.15) is 36.3 Å². The lowest BCUT2D eigenvalue weighted by Crippen LogP contribution is -2.43. The van der Waals surface area contributed by atoms with E-state index in [-0.39, 0.29) is 19.1 Å². The van der Waals surface area contributed by atoms with Gasteiger partial charge in [0.05, 0.1) is 5.56 Å². The molecule has 0 bridgehead atoms. The average Bonchev–Trinajstić information content (AvgIpc) is 2.58. The Morgan fingerprint density at radius 1 is 1.43 bits per heavy atom. The number of fused-ring (bicyclic) bond motifs is 3. The van der Waals surface area contributed by atoms with Gasteiger partial charge < -0.3 is 20.5 Å². The fourth-order valence-corrected chi connectivity index (χ4v) is 3.49. The van der Waals surface area contributed by atoms with Crippen molar-refractivity contribution >= 4 is 11.7 Å².